The van der Waals surface area contributed by atoms with Crippen molar-refractivity contribution < 1.29 is 4.79 Å². The number of nitrogens with one attached hydrogen (secondary N) is 1. The third-order valence-electron chi connectivity index (χ3n) is 4.10. The van der Waals surface area contributed by atoms with E-state index in [0.717, 1.165) is 18.5 Å². The van der Waals surface area contributed by atoms with Gasteiger partial charge in [-0.05, 0) is 44.5 Å². The minimum absolute atomic E-state index is 0.0407. The van der Waals surface area contributed by atoms with Gasteiger partial charge in [-0.2, -0.15) is 0 Å². The van der Waals surface area contributed by atoms with E-state index in [2.05, 4.69) is 12.2 Å². The van der Waals surface area contributed by atoms with Gasteiger partial charge in [0.05, 0.1) is 12.0 Å². The van der Waals surface area contributed by atoms with Gasteiger partial charge in [0.1, 0.15) is 0 Å². The van der Waals surface area contributed by atoms with Crippen molar-refractivity contribution >= 4 is 17.5 Å². The summed E-state index contributed by atoms with van der Waals surface area (Å²) in [6.07, 6.45) is 0.923. The van der Waals surface area contributed by atoms with E-state index in [1.165, 1.54) is 0 Å². The van der Waals surface area contributed by atoms with Gasteiger partial charge in [-0.1, -0.05) is 23.7 Å². The van der Waals surface area contributed by atoms with Crippen LogP contribution in [0.15, 0.2) is 24.3 Å². The second-order valence-electron chi connectivity index (χ2n) is 5.32. The summed E-state index contributed by atoms with van der Waals surface area (Å²) >= 11 is 6.01. The van der Waals surface area contributed by atoms with Gasteiger partial charge in [0, 0.05) is 18.1 Å². The number of carbonyl (C=O) groups is 1. The van der Waals surface area contributed by atoms with Crippen LogP contribution < -0.4 is 5.32 Å². The zero-order valence-corrected chi connectivity index (χ0v) is 12.4. The molecule has 1 fully saturated rings. The van der Waals surface area contributed by atoms with Crippen LogP contribution in [-0.2, 0) is 4.79 Å². The first-order valence-electron chi connectivity index (χ1n) is 6.76. The number of carbonyl (C=O) groups excluding carboxylic acids is 1. The van der Waals surface area contributed by atoms with Crippen molar-refractivity contribution in [2.75, 3.05) is 13.6 Å². The summed E-state index contributed by atoms with van der Waals surface area (Å²) in [7, 11) is 1.87. The summed E-state index contributed by atoms with van der Waals surface area (Å²) in [6, 6.07) is 8.01. The molecule has 0 saturated carbocycles. The van der Waals surface area contributed by atoms with E-state index < -0.39 is 0 Å². The lowest BCUT2D eigenvalue weighted by Crippen LogP contribution is -2.39. The first-order valence-corrected chi connectivity index (χ1v) is 7.14. The Kier molecular flexibility index (Phi) is 4.48. The maximum atomic E-state index is 12.5. The van der Waals surface area contributed by atoms with Crippen LogP contribution in [0.25, 0.3) is 0 Å². The molecule has 0 aromatic heterocycles. The predicted molar refractivity (Wildman–Crippen MR) is 78.2 cm³/mol. The highest BCUT2D eigenvalue weighted by atomic mass is 35.5. The smallest absolute Gasteiger partial charge is 0.227 e. The Morgan fingerprint density at radius 3 is 2.84 bits per heavy atom. The average molecular weight is 281 g/mol. The van der Waals surface area contributed by atoms with Crippen molar-refractivity contribution in [1.29, 1.82) is 0 Å². The summed E-state index contributed by atoms with van der Waals surface area (Å²) in [4.78, 5) is 14.3. The van der Waals surface area contributed by atoms with Gasteiger partial charge in [-0.25, -0.2) is 0 Å². The molecular formula is C15H21ClN2O. The summed E-state index contributed by atoms with van der Waals surface area (Å²) in [5, 5.41) is 4.03. The molecule has 3 unspecified atom stereocenters. The number of nitrogens with zero attached hydrogens (tertiary/aromatic N) is 1. The predicted octanol–water partition coefficient (Wildman–Crippen LogP) is 2.86. The van der Waals surface area contributed by atoms with E-state index in [9.17, 15) is 4.79 Å². The normalized spacial score (nSPS) is 24.2. The fourth-order valence-corrected chi connectivity index (χ4v) is 2.84. The largest absolute Gasteiger partial charge is 0.339 e. The molecule has 1 aromatic carbocycles. The van der Waals surface area contributed by atoms with Crippen LogP contribution in [0.3, 0.4) is 0 Å². The van der Waals surface area contributed by atoms with Crippen LogP contribution in [0.4, 0.5) is 0 Å². The Morgan fingerprint density at radius 2 is 2.26 bits per heavy atom. The summed E-state index contributed by atoms with van der Waals surface area (Å²) in [6.45, 7) is 5.04. The molecule has 0 radical (unpaired) electrons. The van der Waals surface area contributed by atoms with Crippen LogP contribution in [0.2, 0.25) is 5.02 Å². The van der Waals surface area contributed by atoms with E-state index in [1.54, 1.807) is 0 Å². The van der Waals surface area contributed by atoms with Crippen LogP contribution in [-0.4, -0.2) is 30.4 Å². The number of halogens is 1. The van der Waals surface area contributed by atoms with Crippen molar-refractivity contribution in [1.82, 2.24) is 10.2 Å². The van der Waals surface area contributed by atoms with Gasteiger partial charge in [0.15, 0.2) is 0 Å². The molecule has 19 heavy (non-hydrogen) atoms. The molecule has 0 spiro atoms. The fourth-order valence-electron chi connectivity index (χ4n) is 2.64. The van der Waals surface area contributed by atoms with Gasteiger partial charge in [0.25, 0.3) is 0 Å². The molecule has 0 bridgehead atoms. The highest BCUT2D eigenvalue weighted by Crippen LogP contribution is 2.26. The number of rotatable bonds is 3. The molecule has 1 N–H and O–H groups in total. The van der Waals surface area contributed by atoms with Crippen LogP contribution in [0, 0.1) is 5.92 Å². The van der Waals surface area contributed by atoms with Crippen molar-refractivity contribution in [2.45, 2.75) is 32.4 Å². The van der Waals surface area contributed by atoms with Crippen molar-refractivity contribution in [3.05, 3.63) is 34.9 Å². The maximum absolute atomic E-state index is 12.5. The van der Waals surface area contributed by atoms with Crippen LogP contribution in [0.5, 0.6) is 0 Å². The quantitative estimate of drug-likeness (QED) is 0.923. The van der Waals surface area contributed by atoms with Gasteiger partial charge < -0.3 is 10.2 Å². The minimum atomic E-state index is 0.0407. The second kappa shape index (κ2) is 5.93. The first-order chi connectivity index (χ1) is 9.00. The molecule has 1 amide bonds. The first kappa shape index (κ1) is 14.4. The lowest BCUT2D eigenvalue weighted by molar-refractivity contribution is -0.136. The SMILES string of the molecule is CC1NCCC1C(=O)N(C)C(C)c1cccc(Cl)c1. The number of hydrogen-bond donors (Lipinski definition) is 1. The van der Waals surface area contributed by atoms with E-state index in [4.69, 9.17) is 11.6 Å². The molecule has 1 aromatic rings. The number of amides is 1. The standard InChI is InChI=1S/C15H21ClN2O/c1-10-14(7-8-17-10)15(19)18(3)11(2)12-5-4-6-13(16)9-12/h4-6,9-11,14,17H,7-8H2,1-3H3. The second-order valence-corrected chi connectivity index (χ2v) is 5.75. The Bertz CT molecular complexity index is 463. The zero-order valence-electron chi connectivity index (χ0n) is 11.7. The fraction of sp³-hybridized carbons (Fsp3) is 0.533. The lowest BCUT2D eigenvalue weighted by atomic mass is 9.98. The van der Waals surface area contributed by atoms with E-state index in [0.29, 0.717) is 5.02 Å². The third kappa shape index (κ3) is 3.10. The zero-order chi connectivity index (χ0) is 14.0. The van der Waals surface area contributed by atoms with Gasteiger partial charge in [-0.3, -0.25) is 4.79 Å². The molecule has 2 rings (SSSR count). The molecule has 104 valence electrons. The highest BCUT2D eigenvalue weighted by Gasteiger charge is 2.33. The molecule has 1 aliphatic heterocycles. The molecule has 1 saturated heterocycles. The molecule has 1 heterocycles. The Hall–Kier alpha value is -1.06. The number of benzene rings is 1. The lowest BCUT2D eigenvalue weighted by Gasteiger charge is -2.29. The van der Waals surface area contributed by atoms with E-state index in [-0.39, 0.29) is 23.9 Å². The van der Waals surface area contributed by atoms with Gasteiger partial charge >= 0.3 is 0 Å². The molecule has 4 heteroatoms. The average Bonchev–Trinajstić information content (AvgIpc) is 2.82. The van der Waals surface area contributed by atoms with E-state index >= 15 is 0 Å². The van der Waals surface area contributed by atoms with Crippen molar-refractivity contribution in [3.63, 3.8) is 0 Å². The van der Waals surface area contributed by atoms with E-state index in [1.807, 2.05) is 43.1 Å². The summed E-state index contributed by atoms with van der Waals surface area (Å²) in [5.74, 6) is 0.302. The van der Waals surface area contributed by atoms with Crippen LogP contribution >= 0.6 is 11.6 Å². The number of hydrogen-bond acceptors (Lipinski definition) is 2. The maximum Gasteiger partial charge on any atom is 0.227 e. The summed E-state index contributed by atoms with van der Waals surface area (Å²) in [5.41, 5.74) is 1.07. The third-order valence-corrected chi connectivity index (χ3v) is 4.34. The molecule has 3 nitrogen and oxygen atoms in total. The monoisotopic (exact) mass is 280 g/mol. The van der Waals surface area contributed by atoms with Gasteiger partial charge in [-0.15, -0.1) is 0 Å². The molecule has 0 aliphatic carbocycles. The van der Waals surface area contributed by atoms with Gasteiger partial charge in [0.2, 0.25) is 5.91 Å². The Labute approximate surface area is 119 Å². The van der Waals surface area contributed by atoms with Crippen LogP contribution in [0.1, 0.15) is 31.9 Å². The molecule has 3 atom stereocenters. The topological polar surface area (TPSA) is 32.3 Å². The Balaban J connectivity index is 2.10. The van der Waals surface area contributed by atoms with Crippen molar-refractivity contribution in [3.8, 4) is 0 Å². The van der Waals surface area contributed by atoms with Crippen molar-refractivity contribution in [2.24, 2.45) is 5.92 Å². The minimum Gasteiger partial charge on any atom is -0.339 e. The Morgan fingerprint density at radius 1 is 1.53 bits per heavy atom. The molecular weight excluding hydrogens is 260 g/mol. The highest BCUT2D eigenvalue weighted by molar-refractivity contribution is 6.30. The molecule has 1 aliphatic rings. The summed E-state index contributed by atoms with van der Waals surface area (Å²) < 4.78 is 0.